The van der Waals surface area contributed by atoms with Gasteiger partial charge in [0.1, 0.15) is 11.5 Å². The molecule has 1 atom stereocenters. The Labute approximate surface area is 97.9 Å². The van der Waals surface area contributed by atoms with E-state index in [9.17, 15) is 10.2 Å². The van der Waals surface area contributed by atoms with Crippen LogP contribution in [0.2, 0.25) is 0 Å². The summed E-state index contributed by atoms with van der Waals surface area (Å²) in [5.74, 6) is 0.722. The Bertz CT molecular complexity index is 300. The maximum Gasteiger partial charge on any atom is 0.122 e. The third-order valence-electron chi connectivity index (χ3n) is 3.12. The Hall–Kier alpha value is -1.18. The molecule has 2 N–H and O–H groups in total. The van der Waals surface area contributed by atoms with E-state index in [1.807, 2.05) is 0 Å². The fraction of sp³-hybridized carbons (Fsp3) is 0.571. The van der Waals surface area contributed by atoms with Crippen LogP contribution in [0.4, 0.5) is 0 Å². The number of unbranched alkanes of at least 4 members (excludes halogenated alkanes) is 2. The molecule has 0 aliphatic heterocycles. The standard InChI is InChI=1S/C14H22O2/c1-3-5-6-8-11(4-2)14-12(15)9-7-10-13(14)16/h7,9-11,15-16H,3-6,8H2,1-2H3. The highest BCUT2D eigenvalue weighted by Crippen LogP contribution is 2.38. The number of benzene rings is 1. The van der Waals surface area contributed by atoms with E-state index >= 15 is 0 Å². The molecule has 0 aliphatic rings. The Kier molecular flexibility index (Phi) is 5.17. The fourth-order valence-electron chi connectivity index (χ4n) is 2.15. The van der Waals surface area contributed by atoms with Crippen molar-refractivity contribution in [2.24, 2.45) is 0 Å². The molecule has 2 heteroatoms. The first-order chi connectivity index (χ1) is 7.70. The molecule has 0 aromatic heterocycles. The van der Waals surface area contributed by atoms with Crippen LogP contribution < -0.4 is 0 Å². The van der Waals surface area contributed by atoms with Crippen LogP contribution in [0, 0.1) is 0 Å². The molecular weight excluding hydrogens is 200 g/mol. The maximum absolute atomic E-state index is 9.79. The van der Waals surface area contributed by atoms with Gasteiger partial charge in [0.05, 0.1) is 0 Å². The Morgan fingerprint density at radius 1 is 1.06 bits per heavy atom. The zero-order valence-corrected chi connectivity index (χ0v) is 10.2. The highest BCUT2D eigenvalue weighted by Gasteiger charge is 2.16. The minimum absolute atomic E-state index is 0.225. The molecule has 16 heavy (non-hydrogen) atoms. The molecule has 0 saturated carbocycles. The molecule has 0 radical (unpaired) electrons. The van der Waals surface area contributed by atoms with Gasteiger partial charge in [-0.2, -0.15) is 0 Å². The molecule has 0 amide bonds. The molecule has 0 heterocycles. The van der Waals surface area contributed by atoms with Crippen molar-refractivity contribution < 1.29 is 10.2 Å². The van der Waals surface area contributed by atoms with Gasteiger partial charge in [0.25, 0.3) is 0 Å². The average Bonchev–Trinajstić information content (AvgIpc) is 2.26. The third-order valence-corrected chi connectivity index (χ3v) is 3.12. The van der Waals surface area contributed by atoms with E-state index < -0.39 is 0 Å². The van der Waals surface area contributed by atoms with Crippen LogP contribution in [0.5, 0.6) is 11.5 Å². The van der Waals surface area contributed by atoms with Gasteiger partial charge < -0.3 is 10.2 Å². The second-order valence-corrected chi connectivity index (χ2v) is 4.31. The molecule has 0 aliphatic carbocycles. The van der Waals surface area contributed by atoms with Crippen molar-refractivity contribution in [3.63, 3.8) is 0 Å². The summed E-state index contributed by atoms with van der Waals surface area (Å²) in [6, 6.07) is 4.97. The molecular formula is C14H22O2. The number of rotatable bonds is 6. The van der Waals surface area contributed by atoms with Crippen molar-refractivity contribution in [1.29, 1.82) is 0 Å². The lowest BCUT2D eigenvalue weighted by molar-refractivity contribution is 0.417. The van der Waals surface area contributed by atoms with Crippen molar-refractivity contribution in [3.8, 4) is 11.5 Å². The molecule has 1 aromatic carbocycles. The Balaban J connectivity index is 2.78. The molecule has 0 spiro atoms. The van der Waals surface area contributed by atoms with Crippen molar-refractivity contribution in [2.75, 3.05) is 0 Å². The largest absolute Gasteiger partial charge is 0.508 e. The van der Waals surface area contributed by atoms with Crippen LogP contribution in [0.1, 0.15) is 57.4 Å². The highest BCUT2D eigenvalue weighted by atomic mass is 16.3. The van der Waals surface area contributed by atoms with Crippen LogP contribution in [-0.4, -0.2) is 10.2 Å². The van der Waals surface area contributed by atoms with Crippen molar-refractivity contribution in [3.05, 3.63) is 23.8 Å². The third kappa shape index (κ3) is 3.16. The first-order valence-corrected chi connectivity index (χ1v) is 6.21. The summed E-state index contributed by atoms with van der Waals surface area (Å²) in [6.07, 6.45) is 5.56. The van der Waals surface area contributed by atoms with E-state index in [0.717, 1.165) is 24.8 Å². The van der Waals surface area contributed by atoms with E-state index in [0.29, 0.717) is 0 Å². The van der Waals surface area contributed by atoms with E-state index in [-0.39, 0.29) is 17.4 Å². The van der Waals surface area contributed by atoms with E-state index in [1.165, 1.54) is 12.8 Å². The molecule has 0 bridgehead atoms. The minimum Gasteiger partial charge on any atom is -0.508 e. The predicted octanol–water partition coefficient (Wildman–Crippen LogP) is 4.17. The fourth-order valence-corrected chi connectivity index (χ4v) is 2.15. The Morgan fingerprint density at radius 2 is 1.69 bits per heavy atom. The van der Waals surface area contributed by atoms with Gasteiger partial charge in [-0.05, 0) is 30.9 Å². The number of aromatic hydroxyl groups is 2. The van der Waals surface area contributed by atoms with Crippen molar-refractivity contribution in [2.45, 2.75) is 51.9 Å². The van der Waals surface area contributed by atoms with E-state index in [4.69, 9.17) is 0 Å². The van der Waals surface area contributed by atoms with Gasteiger partial charge in [-0.1, -0.05) is 39.2 Å². The SMILES string of the molecule is CCCCCC(CC)c1c(O)cccc1O. The first-order valence-electron chi connectivity index (χ1n) is 6.21. The van der Waals surface area contributed by atoms with Crippen molar-refractivity contribution >= 4 is 0 Å². The molecule has 0 saturated heterocycles. The van der Waals surface area contributed by atoms with E-state index in [1.54, 1.807) is 18.2 Å². The maximum atomic E-state index is 9.79. The lowest BCUT2D eigenvalue weighted by Crippen LogP contribution is -1.98. The monoisotopic (exact) mass is 222 g/mol. The molecule has 1 rings (SSSR count). The molecule has 90 valence electrons. The lowest BCUT2D eigenvalue weighted by Gasteiger charge is -2.17. The lowest BCUT2D eigenvalue weighted by atomic mass is 9.89. The van der Waals surface area contributed by atoms with Crippen LogP contribution in [0.15, 0.2) is 18.2 Å². The molecule has 0 fully saturated rings. The number of phenols is 2. The first kappa shape index (κ1) is 12.9. The van der Waals surface area contributed by atoms with Crippen LogP contribution in [-0.2, 0) is 0 Å². The summed E-state index contributed by atoms with van der Waals surface area (Å²) in [6.45, 7) is 4.28. The minimum atomic E-state index is 0.225. The topological polar surface area (TPSA) is 40.5 Å². The smallest absolute Gasteiger partial charge is 0.122 e. The van der Waals surface area contributed by atoms with Gasteiger partial charge >= 0.3 is 0 Å². The highest BCUT2D eigenvalue weighted by molar-refractivity contribution is 5.45. The predicted molar refractivity (Wildman–Crippen MR) is 66.9 cm³/mol. The van der Waals surface area contributed by atoms with Gasteiger partial charge in [0.2, 0.25) is 0 Å². The summed E-state index contributed by atoms with van der Waals surface area (Å²) >= 11 is 0. The van der Waals surface area contributed by atoms with Crippen LogP contribution in [0.25, 0.3) is 0 Å². The van der Waals surface area contributed by atoms with Crippen LogP contribution in [0.3, 0.4) is 0 Å². The van der Waals surface area contributed by atoms with Gasteiger partial charge in [-0.15, -0.1) is 0 Å². The average molecular weight is 222 g/mol. The molecule has 2 nitrogen and oxygen atoms in total. The molecule has 1 unspecified atom stereocenters. The summed E-state index contributed by atoms with van der Waals surface area (Å²) in [5.41, 5.74) is 0.723. The number of phenolic OH excluding ortho intramolecular Hbond substituents is 2. The van der Waals surface area contributed by atoms with Gasteiger partial charge in [-0.3, -0.25) is 0 Å². The normalized spacial score (nSPS) is 12.6. The molecule has 1 aromatic rings. The van der Waals surface area contributed by atoms with Gasteiger partial charge in [0, 0.05) is 5.56 Å². The summed E-state index contributed by atoms with van der Waals surface area (Å²) in [5, 5.41) is 19.6. The van der Waals surface area contributed by atoms with Gasteiger partial charge in [-0.25, -0.2) is 0 Å². The van der Waals surface area contributed by atoms with Gasteiger partial charge in [0.15, 0.2) is 0 Å². The summed E-state index contributed by atoms with van der Waals surface area (Å²) in [4.78, 5) is 0. The summed E-state index contributed by atoms with van der Waals surface area (Å²) < 4.78 is 0. The second kappa shape index (κ2) is 6.41. The number of hydrogen-bond donors (Lipinski definition) is 2. The zero-order chi connectivity index (χ0) is 12.0. The number of hydrogen-bond acceptors (Lipinski definition) is 2. The van der Waals surface area contributed by atoms with E-state index in [2.05, 4.69) is 13.8 Å². The zero-order valence-electron chi connectivity index (χ0n) is 10.2. The van der Waals surface area contributed by atoms with Crippen molar-refractivity contribution in [1.82, 2.24) is 0 Å². The summed E-state index contributed by atoms with van der Waals surface area (Å²) in [7, 11) is 0. The van der Waals surface area contributed by atoms with Crippen LogP contribution >= 0.6 is 0 Å². The Morgan fingerprint density at radius 3 is 2.19 bits per heavy atom. The quantitative estimate of drug-likeness (QED) is 0.709. The second-order valence-electron chi connectivity index (χ2n) is 4.31.